The quantitative estimate of drug-likeness (QED) is 0.834. The number of ketones is 1. The first-order valence-electron chi connectivity index (χ1n) is 6.44. The Morgan fingerprint density at radius 2 is 2.05 bits per heavy atom. The van der Waals surface area contributed by atoms with Crippen LogP contribution in [0.1, 0.15) is 37.5 Å². The lowest BCUT2D eigenvalue weighted by molar-refractivity contribution is -0.120. The molecule has 1 saturated carbocycles. The van der Waals surface area contributed by atoms with Crippen LogP contribution in [0, 0.1) is 5.82 Å². The Morgan fingerprint density at radius 1 is 1.30 bits per heavy atom. The highest BCUT2D eigenvalue weighted by molar-refractivity contribution is 9.10. The first kappa shape index (κ1) is 13.4. The molecule has 0 aliphatic heterocycles. The molecule has 0 unspecified atom stereocenters. The fraction of sp³-hybridized carbons (Fsp3) is 0.357. The molecule has 0 spiro atoms. The molecule has 0 N–H and O–H groups in total. The van der Waals surface area contributed by atoms with E-state index in [0.717, 1.165) is 12.8 Å². The van der Waals surface area contributed by atoms with Crippen molar-refractivity contribution in [2.45, 2.75) is 31.6 Å². The van der Waals surface area contributed by atoms with Gasteiger partial charge in [-0.2, -0.15) is 4.98 Å². The number of hydrogen-bond acceptors (Lipinski definition) is 4. The van der Waals surface area contributed by atoms with E-state index in [9.17, 15) is 9.18 Å². The fourth-order valence-corrected chi connectivity index (χ4v) is 2.72. The first-order valence-corrected chi connectivity index (χ1v) is 7.23. The second-order valence-electron chi connectivity index (χ2n) is 4.90. The molecule has 0 amide bonds. The number of Topliss-reactive ketones (excluding diaryl/α,β-unsaturated/α-hetero) is 1. The molecule has 1 aromatic heterocycles. The zero-order valence-electron chi connectivity index (χ0n) is 10.6. The van der Waals surface area contributed by atoms with Gasteiger partial charge in [-0.05, 0) is 47.0 Å². The Morgan fingerprint density at radius 3 is 2.75 bits per heavy atom. The summed E-state index contributed by atoms with van der Waals surface area (Å²) in [4.78, 5) is 15.6. The highest BCUT2D eigenvalue weighted by Crippen LogP contribution is 2.31. The molecule has 1 heterocycles. The number of nitrogens with zero attached hydrogens (tertiary/aromatic N) is 2. The molecule has 0 radical (unpaired) electrons. The highest BCUT2D eigenvalue weighted by Gasteiger charge is 2.25. The third-order valence-corrected chi connectivity index (χ3v) is 4.12. The van der Waals surface area contributed by atoms with Crippen LogP contribution in [-0.4, -0.2) is 15.9 Å². The van der Waals surface area contributed by atoms with E-state index in [1.807, 2.05) is 0 Å². The maximum absolute atomic E-state index is 13.2. The van der Waals surface area contributed by atoms with Crippen molar-refractivity contribution in [2.75, 3.05) is 0 Å². The van der Waals surface area contributed by atoms with E-state index in [0.29, 0.717) is 40.4 Å². The molecule has 0 saturated heterocycles. The summed E-state index contributed by atoms with van der Waals surface area (Å²) >= 11 is 3.13. The largest absolute Gasteiger partial charge is 0.339 e. The second-order valence-corrected chi connectivity index (χ2v) is 5.75. The molecule has 1 aliphatic rings. The van der Waals surface area contributed by atoms with E-state index < -0.39 is 0 Å². The van der Waals surface area contributed by atoms with Gasteiger partial charge in [0, 0.05) is 24.3 Å². The number of rotatable bonds is 2. The second kappa shape index (κ2) is 5.44. The zero-order chi connectivity index (χ0) is 14.1. The minimum absolute atomic E-state index is 0.151. The van der Waals surface area contributed by atoms with Crippen LogP contribution in [0.3, 0.4) is 0 Å². The number of aromatic nitrogens is 2. The van der Waals surface area contributed by atoms with Gasteiger partial charge >= 0.3 is 0 Å². The van der Waals surface area contributed by atoms with Crippen LogP contribution in [0.25, 0.3) is 11.4 Å². The van der Waals surface area contributed by atoms with Gasteiger partial charge < -0.3 is 4.52 Å². The maximum Gasteiger partial charge on any atom is 0.230 e. The van der Waals surface area contributed by atoms with Gasteiger partial charge in [0.05, 0.1) is 4.47 Å². The summed E-state index contributed by atoms with van der Waals surface area (Å²) in [6, 6.07) is 4.59. The standard InChI is InChI=1S/C14H12BrFN2O2/c15-11-7-9(3-6-12(11)16)13-17-14(20-18-13)8-1-4-10(19)5-2-8/h3,6-8H,1-2,4-5H2. The molecule has 1 aliphatic carbocycles. The smallest absolute Gasteiger partial charge is 0.230 e. The molecule has 20 heavy (non-hydrogen) atoms. The summed E-state index contributed by atoms with van der Waals surface area (Å²) in [5.41, 5.74) is 0.695. The number of carbonyl (C=O) groups excluding carboxylic acids is 1. The number of carbonyl (C=O) groups is 1. The Labute approximate surface area is 123 Å². The van der Waals surface area contributed by atoms with Crippen molar-refractivity contribution in [3.05, 3.63) is 34.4 Å². The van der Waals surface area contributed by atoms with Crippen LogP contribution in [0.4, 0.5) is 4.39 Å². The van der Waals surface area contributed by atoms with Crippen molar-refractivity contribution < 1.29 is 13.7 Å². The first-order chi connectivity index (χ1) is 9.63. The Bertz CT molecular complexity index is 646. The van der Waals surface area contributed by atoms with E-state index in [4.69, 9.17) is 4.52 Å². The van der Waals surface area contributed by atoms with Crippen LogP contribution in [-0.2, 0) is 4.79 Å². The molecular weight excluding hydrogens is 327 g/mol. The fourth-order valence-electron chi connectivity index (χ4n) is 2.34. The van der Waals surface area contributed by atoms with Crippen LogP contribution >= 0.6 is 15.9 Å². The molecule has 2 aromatic rings. The van der Waals surface area contributed by atoms with Gasteiger partial charge in [0.15, 0.2) is 0 Å². The van der Waals surface area contributed by atoms with Crippen molar-refractivity contribution >= 4 is 21.7 Å². The Balaban J connectivity index is 1.82. The van der Waals surface area contributed by atoms with Gasteiger partial charge in [0.2, 0.25) is 11.7 Å². The molecule has 6 heteroatoms. The van der Waals surface area contributed by atoms with Gasteiger partial charge in [-0.3, -0.25) is 4.79 Å². The van der Waals surface area contributed by atoms with Crippen LogP contribution in [0.15, 0.2) is 27.2 Å². The van der Waals surface area contributed by atoms with Gasteiger partial charge in [-0.25, -0.2) is 4.39 Å². The maximum atomic E-state index is 13.2. The summed E-state index contributed by atoms with van der Waals surface area (Å²) in [5, 5.41) is 3.94. The van der Waals surface area contributed by atoms with Crippen LogP contribution in [0.2, 0.25) is 0 Å². The highest BCUT2D eigenvalue weighted by atomic mass is 79.9. The van der Waals surface area contributed by atoms with Crippen LogP contribution in [0.5, 0.6) is 0 Å². The molecular formula is C14H12BrFN2O2. The predicted molar refractivity (Wildman–Crippen MR) is 73.6 cm³/mol. The van der Waals surface area contributed by atoms with Crippen molar-refractivity contribution in [3.8, 4) is 11.4 Å². The lowest BCUT2D eigenvalue weighted by Crippen LogP contribution is -2.12. The monoisotopic (exact) mass is 338 g/mol. The van der Waals surface area contributed by atoms with E-state index in [2.05, 4.69) is 26.1 Å². The molecule has 1 fully saturated rings. The average Bonchev–Trinajstić information content (AvgIpc) is 2.92. The summed E-state index contributed by atoms with van der Waals surface area (Å²) in [6.45, 7) is 0. The van der Waals surface area contributed by atoms with Gasteiger partial charge in [0.25, 0.3) is 0 Å². The normalized spacial score (nSPS) is 16.6. The van der Waals surface area contributed by atoms with Crippen molar-refractivity contribution in [2.24, 2.45) is 0 Å². The molecule has 3 rings (SSSR count). The van der Waals surface area contributed by atoms with Crippen molar-refractivity contribution in [1.82, 2.24) is 10.1 Å². The predicted octanol–water partition coefficient (Wildman–Crippen LogP) is 3.86. The molecule has 0 atom stereocenters. The van der Waals surface area contributed by atoms with Gasteiger partial charge in [-0.1, -0.05) is 5.16 Å². The van der Waals surface area contributed by atoms with Gasteiger partial charge in [0.1, 0.15) is 11.6 Å². The van der Waals surface area contributed by atoms with E-state index >= 15 is 0 Å². The topological polar surface area (TPSA) is 56.0 Å². The van der Waals surface area contributed by atoms with Crippen molar-refractivity contribution in [3.63, 3.8) is 0 Å². The molecule has 0 bridgehead atoms. The lowest BCUT2D eigenvalue weighted by atomic mass is 9.88. The zero-order valence-corrected chi connectivity index (χ0v) is 12.2. The van der Waals surface area contributed by atoms with E-state index in [1.165, 1.54) is 6.07 Å². The summed E-state index contributed by atoms with van der Waals surface area (Å²) in [5.74, 6) is 1.12. The summed E-state index contributed by atoms with van der Waals surface area (Å²) in [6.07, 6.45) is 2.66. The third-order valence-electron chi connectivity index (χ3n) is 3.51. The number of halogens is 2. The number of hydrogen-bond donors (Lipinski definition) is 0. The van der Waals surface area contributed by atoms with E-state index in [-0.39, 0.29) is 11.7 Å². The average molecular weight is 339 g/mol. The third kappa shape index (κ3) is 2.65. The molecule has 1 aromatic carbocycles. The minimum atomic E-state index is -0.330. The lowest BCUT2D eigenvalue weighted by Gasteiger charge is -2.16. The molecule has 104 valence electrons. The summed E-state index contributed by atoms with van der Waals surface area (Å²) < 4.78 is 18.9. The Hall–Kier alpha value is -1.56. The number of benzene rings is 1. The van der Waals surface area contributed by atoms with Gasteiger partial charge in [-0.15, -0.1) is 0 Å². The SMILES string of the molecule is O=C1CCC(c2nc(-c3ccc(F)c(Br)c3)no2)CC1. The molecule has 4 nitrogen and oxygen atoms in total. The van der Waals surface area contributed by atoms with Crippen LogP contribution < -0.4 is 0 Å². The Kier molecular flexibility index (Phi) is 3.65. The van der Waals surface area contributed by atoms with Crippen molar-refractivity contribution in [1.29, 1.82) is 0 Å². The minimum Gasteiger partial charge on any atom is -0.339 e. The van der Waals surface area contributed by atoms with E-state index in [1.54, 1.807) is 12.1 Å². The summed E-state index contributed by atoms with van der Waals surface area (Å²) in [7, 11) is 0.